The number of rotatable bonds is 5. The van der Waals surface area contributed by atoms with Gasteiger partial charge in [-0.25, -0.2) is 4.98 Å². The Hall–Kier alpha value is -2.77. The molecule has 5 rings (SSSR count). The second-order valence-corrected chi connectivity index (χ2v) is 8.01. The summed E-state index contributed by atoms with van der Waals surface area (Å²) in [6, 6.07) is 14.2. The van der Waals surface area contributed by atoms with Crippen LogP contribution in [0.25, 0.3) is 10.6 Å². The van der Waals surface area contributed by atoms with Gasteiger partial charge in [-0.15, -0.1) is 11.3 Å². The van der Waals surface area contributed by atoms with E-state index in [0.717, 1.165) is 66.2 Å². The van der Waals surface area contributed by atoms with Gasteiger partial charge in [0.25, 0.3) is 0 Å². The number of benzene rings is 2. The number of hydrogen-bond donors (Lipinski definition) is 0. The van der Waals surface area contributed by atoms with Crippen LogP contribution in [-0.4, -0.2) is 50.0 Å². The maximum Gasteiger partial charge on any atom is 0.231 e. The summed E-state index contributed by atoms with van der Waals surface area (Å²) in [6.07, 6.45) is 0. The molecule has 0 saturated carbocycles. The average molecular weight is 410 g/mol. The molecular formula is C22H23N3O3S. The number of ether oxygens (including phenoxy) is 3. The van der Waals surface area contributed by atoms with Crippen LogP contribution in [0.5, 0.6) is 17.2 Å². The number of aromatic nitrogens is 1. The fraction of sp³-hybridized carbons (Fsp3) is 0.318. The van der Waals surface area contributed by atoms with Crippen LogP contribution in [-0.2, 0) is 6.54 Å². The third-order valence-electron chi connectivity index (χ3n) is 5.36. The molecule has 7 heteroatoms. The van der Waals surface area contributed by atoms with Crippen LogP contribution >= 0.6 is 11.3 Å². The quantitative estimate of drug-likeness (QED) is 0.638. The van der Waals surface area contributed by atoms with Crippen molar-refractivity contribution in [2.45, 2.75) is 6.54 Å². The molecule has 0 radical (unpaired) electrons. The minimum absolute atomic E-state index is 0.294. The second kappa shape index (κ2) is 7.93. The SMILES string of the molecule is COc1ccccc1N1CCN(Cc2csc(-c3ccc4c(c3)OCO4)n2)CC1. The number of nitrogens with zero attached hydrogens (tertiary/aromatic N) is 3. The smallest absolute Gasteiger partial charge is 0.231 e. The first-order chi connectivity index (χ1) is 14.3. The molecule has 3 aromatic rings. The van der Waals surface area contributed by atoms with E-state index in [1.165, 1.54) is 5.69 Å². The zero-order valence-electron chi connectivity index (χ0n) is 16.3. The fourth-order valence-corrected chi connectivity index (χ4v) is 4.62. The molecule has 0 unspecified atom stereocenters. The lowest BCUT2D eigenvalue weighted by atomic mass is 10.2. The van der Waals surface area contributed by atoms with Gasteiger partial charge in [0.1, 0.15) is 10.8 Å². The summed E-state index contributed by atoms with van der Waals surface area (Å²) >= 11 is 1.68. The Morgan fingerprint density at radius 3 is 2.72 bits per heavy atom. The summed E-state index contributed by atoms with van der Waals surface area (Å²) in [5, 5.41) is 3.18. The summed E-state index contributed by atoms with van der Waals surface area (Å²) < 4.78 is 16.4. The van der Waals surface area contributed by atoms with Crippen LogP contribution in [0, 0.1) is 0 Å². The van der Waals surface area contributed by atoms with Crippen molar-refractivity contribution in [2.24, 2.45) is 0 Å². The first-order valence-corrected chi connectivity index (χ1v) is 10.6. The Balaban J connectivity index is 1.21. The standard InChI is InChI=1S/C22H23N3O3S/c1-26-19-5-3-2-4-18(19)25-10-8-24(9-11-25)13-17-14-29-22(23-17)16-6-7-20-21(12-16)28-15-27-20/h2-7,12,14H,8-11,13,15H2,1H3. The van der Waals surface area contributed by atoms with Crippen LogP contribution in [0.3, 0.4) is 0 Å². The van der Waals surface area contributed by atoms with Crippen LogP contribution < -0.4 is 19.1 Å². The van der Waals surface area contributed by atoms with Gasteiger partial charge < -0.3 is 19.1 Å². The van der Waals surface area contributed by atoms with Gasteiger partial charge in [0, 0.05) is 43.7 Å². The Bertz CT molecular complexity index is 998. The second-order valence-electron chi connectivity index (χ2n) is 7.15. The Morgan fingerprint density at radius 1 is 1.03 bits per heavy atom. The molecule has 150 valence electrons. The first kappa shape index (κ1) is 18.3. The molecule has 1 fully saturated rings. The van der Waals surface area contributed by atoms with Gasteiger partial charge in [-0.2, -0.15) is 0 Å². The van der Waals surface area contributed by atoms with Gasteiger partial charge in [0.15, 0.2) is 11.5 Å². The van der Waals surface area contributed by atoms with Gasteiger partial charge in [-0.3, -0.25) is 4.90 Å². The largest absolute Gasteiger partial charge is 0.495 e. The third kappa shape index (κ3) is 3.75. The number of methoxy groups -OCH3 is 1. The van der Waals surface area contributed by atoms with Gasteiger partial charge in [0.2, 0.25) is 6.79 Å². The maximum atomic E-state index is 5.51. The number of anilines is 1. The molecule has 0 spiro atoms. The first-order valence-electron chi connectivity index (χ1n) is 9.75. The molecule has 0 atom stereocenters. The third-order valence-corrected chi connectivity index (χ3v) is 6.30. The molecule has 1 aromatic heterocycles. The molecule has 2 aliphatic heterocycles. The highest BCUT2D eigenvalue weighted by Gasteiger charge is 2.21. The Morgan fingerprint density at radius 2 is 1.86 bits per heavy atom. The van der Waals surface area contributed by atoms with Crippen molar-refractivity contribution in [3.8, 4) is 27.8 Å². The molecule has 0 bridgehead atoms. The summed E-state index contributed by atoms with van der Waals surface area (Å²) in [7, 11) is 1.73. The molecule has 6 nitrogen and oxygen atoms in total. The van der Waals surface area contributed by atoms with E-state index in [1.807, 2.05) is 30.3 Å². The maximum absolute atomic E-state index is 5.51. The lowest BCUT2D eigenvalue weighted by Crippen LogP contribution is -2.46. The number of hydrogen-bond acceptors (Lipinski definition) is 7. The highest BCUT2D eigenvalue weighted by atomic mass is 32.1. The molecule has 0 aliphatic carbocycles. The lowest BCUT2D eigenvalue weighted by Gasteiger charge is -2.36. The van der Waals surface area contributed by atoms with Crippen molar-refractivity contribution in [2.75, 3.05) is 45.0 Å². The van der Waals surface area contributed by atoms with E-state index in [0.29, 0.717) is 6.79 Å². The predicted octanol–water partition coefficient (Wildman–Crippen LogP) is 3.87. The topological polar surface area (TPSA) is 47.1 Å². The number of fused-ring (bicyclic) bond motifs is 1. The monoisotopic (exact) mass is 409 g/mol. The number of para-hydroxylation sites is 2. The van der Waals surface area contributed by atoms with Crippen LogP contribution in [0.4, 0.5) is 5.69 Å². The Labute approximate surface area is 174 Å². The van der Waals surface area contributed by atoms with Crippen molar-refractivity contribution < 1.29 is 14.2 Å². The fourth-order valence-electron chi connectivity index (χ4n) is 3.81. The zero-order valence-corrected chi connectivity index (χ0v) is 17.2. The van der Waals surface area contributed by atoms with Gasteiger partial charge in [-0.1, -0.05) is 12.1 Å². The van der Waals surface area contributed by atoms with Crippen molar-refractivity contribution in [3.05, 3.63) is 53.5 Å². The lowest BCUT2D eigenvalue weighted by molar-refractivity contribution is 0.174. The van der Waals surface area contributed by atoms with Crippen LogP contribution in [0.15, 0.2) is 47.8 Å². The van der Waals surface area contributed by atoms with Crippen molar-refractivity contribution in [1.82, 2.24) is 9.88 Å². The molecule has 0 N–H and O–H groups in total. The van der Waals surface area contributed by atoms with E-state index in [9.17, 15) is 0 Å². The Kier molecular flexibility index (Phi) is 4.99. The van der Waals surface area contributed by atoms with Crippen molar-refractivity contribution in [1.29, 1.82) is 0 Å². The van der Waals surface area contributed by atoms with E-state index >= 15 is 0 Å². The van der Waals surface area contributed by atoms with Crippen LogP contribution in [0.1, 0.15) is 5.69 Å². The van der Waals surface area contributed by atoms with Crippen molar-refractivity contribution in [3.63, 3.8) is 0 Å². The molecule has 2 aliphatic rings. The highest BCUT2D eigenvalue weighted by molar-refractivity contribution is 7.13. The van der Waals surface area contributed by atoms with E-state index in [-0.39, 0.29) is 0 Å². The minimum Gasteiger partial charge on any atom is -0.495 e. The molecule has 0 amide bonds. The van der Waals surface area contributed by atoms with E-state index in [1.54, 1.807) is 18.4 Å². The average Bonchev–Trinajstić information content (AvgIpc) is 3.43. The molecular weight excluding hydrogens is 386 g/mol. The summed E-state index contributed by atoms with van der Waals surface area (Å²) in [4.78, 5) is 9.71. The minimum atomic E-state index is 0.294. The summed E-state index contributed by atoms with van der Waals surface area (Å²) in [5.74, 6) is 2.54. The van der Waals surface area contributed by atoms with Crippen molar-refractivity contribution >= 4 is 17.0 Å². The van der Waals surface area contributed by atoms with Gasteiger partial charge in [0.05, 0.1) is 18.5 Å². The normalized spacial score (nSPS) is 16.2. The van der Waals surface area contributed by atoms with Gasteiger partial charge in [-0.05, 0) is 30.3 Å². The molecule has 1 saturated heterocycles. The highest BCUT2D eigenvalue weighted by Crippen LogP contribution is 2.37. The van der Waals surface area contributed by atoms with Crippen LogP contribution in [0.2, 0.25) is 0 Å². The van der Waals surface area contributed by atoms with E-state index < -0.39 is 0 Å². The zero-order chi connectivity index (χ0) is 19.6. The predicted molar refractivity (Wildman–Crippen MR) is 114 cm³/mol. The van der Waals surface area contributed by atoms with Gasteiger partial charge >= 0.3 is 0 Å². The summed E-state index contributed by atoms with van der Waals surface area (Å²) in [6.45, 7) is 5.16. The molecule has 29 heavy (non-hydrogen) atoms. The molecule has 3 heterocycles. The number of thiazole rings is 1. The van der Waals surface area contributed by atoms with E-state index in [4.69, 9.17) is 19.2 Å². The number of piperazine rings is 1. The molecule has 2 aromatic carbocycles. The summed E-state index contributed by atoms with van der Waals surface area (Å²) in [5.41, 5.74) is 3.37. The van der Waals surface area contributed by atoms with E-state index in [2.05, 4.69) is 27.3 Å².